The number of carboxylic acids is 3. The molecule has 2 saturated heterocycles. The first kappa shape index (κ1) is 43.5. The Balaban J connectivity index is 1.17. The number of ether oxygens (including phenoxy) is 4. The van der Waals surface area contributed by atoms with Gasteiger partial charge in [0.1, 0.15) is 36.6 Å². The molecule has 0 amide bonds. The van der Waals surface area contributed by atoms with Gasteiger partial charge in [-0.2, -0.15) is 0 Å². The maximum Gasteiger partial charge on any atom is 0.335 e. The minimum atomic E-state index is -2.05. The summed E-state index contributed by atoms with van der Waals surface area (Å²) < 4.78 is 23.4. The molecule has 2 heterocycles. The van der Waals surface area contributed by atoms with Crippen LogP contribution in [0.4, 0.5) is 0 Å². The van der Waals surface area contributed by atoms with Gasteiger partial charge in [-0.25, -0.2) is 9.59 Å². The number of rotatable bonds is 7. The van der Waals surface area contributed by atoms with Crippen molar-refractivity contribution in [3.8, 4) is 0 Å². The Labute approximate surface area is 337 Å². The number of aliphatic carboxylic acids is 3. The van der Waals surface area contributed by atoms with Crippen LogP contribution in [0.15, 0.2) is 11.6 Å². The van der Waals surface area contributed by atoms with Crippen molar-refractivity contribution in [2.75, 3.05) is 0 Å². The molecule has 4 saturated carbocycles. The summed E-state index contributed by atoms with van der Waals surface area (Å²) in [4.78, 5) is 51.3. The van der Waals surface area contributed by atoms with Crippen LogP contribution in [0.5, 0.6) is 0 Å². The van der Waals surface area contributed by atoms with E-state index in [9.17, 15) is 60.0 Å². The number of hydrogen-bond acceptors (Lipinski definition) is 13. The van der Waals surface area contributed by atoms with Crippen LogP contribution in [0, 0.1) is 50.2 Å². The van der Waals surface area contributed by atoms with E-state index in [0.717, 1.165) is 37.7 Å². The third kappa shape index (κ3) is 6.25. The molecule has 0 unspecified atom stereocenters. The van der Waals surface area contributed by atoms with Gasteiger partial charge in [0.25, 0.3) is 0 Å². The first-order valence-corrected chi connectivity index (χ1v) is 20.7. The van der Waals surface area contributed by atoms with Crippen molar-refractivity contribution in [3.05, 3.63) is 11.6 Å². The minimum absolute atomic E-state index is 0.0217. The molecule has 6 fully saturated rings. The van der Waals surface area contributed by atoms with Crippen molar-refractivity contribution in [3.63, 3.8) is 0 Å². The van der Waals surface area contributed by atoms with Crippen LogP contribution in [-0.4, -0.2) is 132 Å². The molecule has 58 heavy (non-hydrogen) atoms. The third-order valence-electron chi connectivity index (χ3n) is 17.2. The highest BCUT2D eigenvalue weighted by Crippen LogP contribution is 2.75. The van der Waals surface area contributed by atoms with Crippen LogP contribution >= 0.6 is 0 Å². The monoisotopic (exact) mass is 822 g/mol. The predicted molar refractivity (Wildman–Crippen MR) is 199 cm³/mol. The Morgan fingerprint density at radius 2 is 1.28 bits per heavy atom. The van der Waals surface area contributed by atoms with Crippen molar-refractivity contribution >= 4 is 23.7 Å². The molecule has 16 nitrogen and oxygen atoms in total. The van der Waals surface area contributed by atoms with Crippen molar-refractivity contribution in [2.45, 2.75) is 174 Å². The maximum absolute atomic E-state index is 14.8. The van der Waals surface area contributed by atoms with Crippen LogP contribution in [0.1, 0.15) is 106 Å². The van der Waals surface area contributed by atoms with E-state index in [2.05, 4.69) is 27.7 Å². The average molecular weight is 823 g/mol. The molecular weight excluding hydrogens is 760 g/mol. The summed E-state index contributed by atoms with van der Waals surface area (Å²) in [5, 5.41) is 83.0. The van der Waals surface area contributed by atoms with Gasteiger partial charge in [0, 0.05) is 5.92 Å². The summed E-state index contributed by atoms with van der Waals surface area (Å²) >= 11 is 0. The Kier molecular flexibility index (Phi) is 10.7. The molecule has 326 valence electrons. The van der Waals surface area contributed by atoms with Crippen molar-refractivity contribution in [1.29, 1.82) is 0 Å². The fourth-order valence-corrected chi connectivity index (χ4v) is 13.4. The molecule has 0 radical (unpaired) electrons. The number of fused-ring (bicyclic) bond motifs is 7. The normalized spacial score (nSPS) is 52.6. The van der Waals surface area contributed by atoms with E-state index in [4.69, 9.17) is 18.9 Å². The Morgan fingerprint density at radius 1 is 0.690 bits per heavy atom. The molecule has 5 aliphatic carbocycles. The second-order valence-corrected chi connectivity index (χ2v) is 20.6. The van der Waals surface area contributed by atoms with Crippen LogP contribution in [-0.2, 0) is 38.1 Å². The molecule has 7 rings (SSSR count). The van der Waals surface area contributed by atoms with Gasteiger partial charge in [-0.1, -0.05) is 47.1 Å². The zero-order valence-corrected chi connectivity index (χ0v) is 34.4. The molecular formula is C42H62O16. The topological polar surface area (TPSA) is 267 Å². The summed E-state index contributed by atoms with van der Waals surface area (Å²) in [5.41, 5.74) is -1.81. The standard InChI is InChI=1S/C42H62O16/c1-37(2)21-8-11-42(7)31(20(43)16-18-19-17-39(4,36(53)54)13-12-38(19,3)14-15-41(18,42)6)40(21,5)10-9-22(37)55-35-30(26(47)25(46)29(57-35)33(51)52)58-34-27(48)23(44)24(45)28(56-34)32(49)50/h16,19,21-31,34-35,44-48H,8-15,17H2,1-7H3,(H,49,50)(H,51,52)(H,53,54)/t19-,21-,22+,23-,24-,25-,26+,27-,28-,29-,30-,31+,34+,35-,38+,39-,40-,41+,42+/m0/s1. The number of ketones is 1. The van der Waals surface area contributed by atoms with Crippen molar-refractivity contribution < 1.29 is 79.0 Å². The number of aliphatic hydroxyl groups is 5. The van der Waals surface area contributed by atoms with Gasteiger partial charge in [0.15, 0.2) is 30.6 Å². The molecule has 19 atom stereocenters. The van der Waals surface area contributed by atoms with Crippen molar-refractivity contribution in [1.82, 2.24) is 0 Å². The molecule has 0 aromatic carbocycles. The second-order valence-electron chi connectivity index (χ2n) is 20.6. The lowest BCUT2D eigenvalue weighted by molar-refractivity contribution is -0.371. The van der Waals surface area contributed by atoms with Gasteiger partial charge in [-0.3, -0.25) is 9.59 Å². The fourth-order valence-electron chi connectivity index (χ4n) is 13.4. The average Bonchev–Trinajstić information content (AvgIpc) is 3.13. The lowest BCUT2D eigenvalue weighted by atomic mass is 9.33. The van der Waals surface area contributed by atoms with Crippen LogP contribution < -0.4 is 0 Å². The first-order chi connectivity index (χ1) is 26.8. The molecule has 16 heteroatoms. The minimum Gasteiger partial charge on any atom is -0.481 e. The highest BCUT2D eigenvalue weighted by Gasteiger charge is 2.71. The number of carboxylic acid groups (broad SMARTS) is 3. The van der Waals surface area contributed by atoms with E-state index in [-0.39, 0.29) is 34.4 Å². The van der Waals surface area contributed by atoms with E-state index in [1.807, 2.05) is 26.8 Å². The molecule has 0 aromatic rings. The summed E-state index contributed by atoms with van der Waals surface area (Å²) in [5.74, 6) is -4.47. The number of carbonyl (C=O) groups excluding carboxylic acids is 1. The zero-order valence-electron chi connectivity index (χ0n) is 34.4. The van der Waals surface area contributed by atoms with E-state index >= 15 is 0 Å². The zero-order chi connectivity index (χ0) is 42.9. The van der Waals surface area contributed by atoms with Crippen LogP contribution in [0.2, 0.25) is 0 Å². The van der Waals surface area contributed by atoms with Crippen LogP contribution in [0.3, 0.4) is 0 Å². The summed E-state index contributed by atoms with van der Waals surface area (Å²) in [6, 6.07) is 0. The largest absolute Gasteiger partial charge is 0.481 e. The molecule has 0 bridgehead atoms. The van der Waals surface area contributed by atoms with Gasteiger partial charge in [-0.05, 0) is 110 Å². The van der Waals surface area contributed by atoms with Gasteiger partial charge < -0.3 is 59.8 Å². The Morgan fingerprint density at radius 3 is 1.88 bits per heavy atom. The lowest BCUT2D eigenvalue weighted by Gasteiger charge is -2.70. The van der Waals surface area contributed by atoms with E-state index in [1.165, 1.54) is 0 Å². The van der Waals surface area contributed by atoms with Gasteiger partial charge in [0.2, 0.25) is 0 Å². The number of allylic oxidation sites excluding steroid dienone is 2. The van der Waals surface area contributed by atoms with Crippen molar-refractivity contribution in [2.24, 2.45) is 50.2 Å². The SMILES string of the molecule is CC1(C)[C@H](O[C@H]2O[C@H](C(=O)O)[C@@H](O)[C@@H](O)[C@@H]2O[C@H]2O[C@H](C(=O)O)[C@@H](O)[C@H](O)[C@@H]2O)CC[C@]2(C)[C@H]3C(=O)C=C4[C@@H]5C[C@@](C)(C(=O)O)CC[C@]5(C)CC[C@@]4(C)[C@]3(C)CC[C@@H]12. The second kappa shape index (κ2) is 14.3. The highest BCUT2D eigenvalue weighted by molar-refractivity contribution is 5.95. The van der Waals surface area contributed by atoms with Gasteiger partial charge in [-0.15, -0.1) is 0 Å². The predicted octanol–water partition coefficient (Wildman–Crippen LogP) is 2.25. The third-order valence-corrected chi connectivity index (χ3v) is 17.2. The van der Waals surface area contributed by atoms with E-state index < -0.39 is 107 Å². The number of hydrogen-bond donors (Lipinski definition) is 8. The smallest absolute Gasteiger partial charge is 0.335 e. The quantitative estimate of drug-likeness (QED) is 0.171. The van der Waals surface area contributed by atoms with E-state index in [1.54, 1.807) is 0 Å². The fraction of sp³-hybridized carbons (Fsp3) is 0.857. The molecule has 7 aliphatic rings. The maximum atomic E-state index is 14.8. The Bertz CT molecular complexity index is 1730. The van der Waals surface area contributed by atoms with Crippen LogP contribution in [0.25, 0.3) is 0 Å². The molecule has 0 aromatic heterocycles. The van der Waals surface area contributed by atoms with E-state index in [0.29, 0.717) is 25.7 Å². The number of carbonyl (C=O) groups is 4. The summed E-state index contributed by atoms with van der Waals surface area (Å²) in [7, 11) is 0. The Hall–Kier alpha value is -2.54. The highest BCUT2D eigenvalue weighted by atomic mass is 16.8. The molecule has 0 spiro atoms. The summed E-state index contributed by atoms with van der Waals surface area (Å²) in [6.07, 6.45) is -12.2. The first-order valence-electron chi connectivity index (χ1n) is 20.7. The van der Waals surface area contributed by atoms with Gasteiger partial charge >= 0.3 is 17.9 Å². The molecule has 2 aliphatic heterocycles. The lowest BCUT2D eigenvalue weighted by Crippen LogP contribution is -2.68. The molecule has 8 N–H and O–H groups in total. The summed E-state index contributed by atoms with van der Waals surface area (Å²) in [6.45, 7) is 14.8. The van der Waals surface area contributed by atoms with Gasteiger partial charge in [0.05, 0.1) is 11.5 Å². The number of aliphatic hydroxyl groups excluding tert-OH is 5.